The van der Waals surface area contributed by atoms with Gasteiger partial charge in [-0.2, -0.15) is 0 Å². The van der Waals surface area contributed by atoms with Gasteiger partial charge in [0, 0.05) is 18.0 Å². The molecule has 0 aliphatic heterocycles. The molecule has 0 saturated heterocycles. The van der Waals surface area contributed by atoms with Crippen molar-refractivity contribution >= 4 is 21.4 Å². The Morgan fingerprint density at radius 2 is 2.22 bits per heavy atom. The molecule has 0 bridgehead atoms. The zero-order chi connectivity index (χ0) is 13.6. The Bertz CT molecular complexity index is 449. The van der Waals surface area contributed by atoms with Gasteiger partial charge in [0.15, 0.2) is 0 Å². The molecule has 18 heavy (non-hydrogen) atoms. The van der Waals surface area contributed by atoms with E-state index in [4.69, 9.17) is 9.84 Å². The molecule has 1 atom stereocenters. The van der Waals surface area contributed by atoms with E-state index in [0.717, 1.165) is 24.2 Å². The predicted molar refractivity (Wildman–Crippen MR) is 71.1 cm³/mol. The Labute approximate surface area is 112 Å². The van der Waals surface area contributed by atoms with E-state index in [2.05, 4.69) is 4.72 Å². The Balaban J connectivity index is 2.78. The van der Waals surface area contributed by atoms with Gasteiger partial charge in [-0.15, -0.1) is 11.3 Å². The lowest BCUT2D eigenvalue weighted by Crippen LogP contribution is -2.37. The summed E-state index contributed by atoms with van der Waals surface area (Å²) in [5.41, 5.74) is 0. The van der Waals surface area contributed by atoms with Crippen LogP contribution in [0.3, 0.4) is 0 Å². The van der Waals surface area contributed by atoms with Crippen molar-refractivity contribution in [2.24, 2.45) is 0 Å². The maximum Gasteiger partial charge on any atom is 0.250 e. The van der Waals surface area contributed by atoms with E-state index in [1.54, 1.807) is 13.2 Å². The fourth-order valence-electron chi connectivity index (χ4n) is 1.59. The summed E-state index contributed by atoms with van der Waals surface area (Å²) in [4.78, 5) is 0.633. The quantitative estimate of drug-likeness (QED) is 0.758. The van der Waals surface area contributed by atoms with Crippen LogP contribution >= 0.6 is 11.3 Å². The number of hydrogen-bond acceptors (Lipinski definition) is 5. The highest BCUT2D eigenvalue weighted by Gasteiger charge is 2.21. The van der Waals surface area contributed by atoms with Crippen LogP contribution in [0.1, 0.15) is 24.6 Å². The number of aliphatic hydroxyl groups is 1. The monoisotopic (exact) mass is 293 g/mol. The molecule has 0 aliphatic rings. The molecular weight excluding hydrogens is 274 g/mol. The Hall–Kier alpha value is -0.470. The van der Waals surface area contributed by atoms with Crippen LogP contribution in [0.4, 0.5) is 0 Å². The van der Waals surface area contributed by atoms with E-state index < -0.39 is 10.0 Å². The van der Waals surface area contributed by atoms with Crippen LogP contribution in [-0.4, -0.2) is 33.3 Å². The minimum absolute atomic E-state index is 0.142. The Kier molecular flexibility index (Phi) is 6.24. The third kappa shape index (κ3) is 4.33. The lowest BCUT2D eigenvalue weighted by atomic mass is 10.2. The van der Waals surface area contributed by atoms with E-state index >= 15 is 0 Å². The number of methoxy groups -OCH3 is 1. The van der Waals surface area contributed by atoms with Gasteiger partial charge in [-0.25, -0.2) is 13.1 Å². The first-order chi connectivity index (χ1) is 8.53. The number of nitrogens with one attached hydrogen (secondary N) is 1. The number of rotatable bonds is 8. The topological polar surface area (TPSA) is 75.6 Å². The van der Waals surface area contributed by atoms with Gasteiger partial charge in [0.2, 0.25) is 10.0 Å². The summed E-state index contributed by atoms with van der Waals surface area (Å²) in [7, 11) is -1.97. The molecule has 1 rings (SSSR count). The first kappa shape index (κ1) is 15.6. The summed E-state index contributed by atoms with van der Waals surface area (Å²) >= 11 is 1.08. The molecule has 104 valence electrons. The van der Waals surface area contributed by atoms with Gasteiger partial charge in [0.1, 0.15) is 4.21 Å². The van der Waals surface area contributed by atoms with E-state index in [-0.39, 0.29) is 16.9 Å². The number of hydrogen-bond donors (Lipinski definition) is 2. The molecule has 0 radical (unpaired) electrons. The molecule has 1 aromatic heterocycles. The van der Waals surface area contributed by atoms with Gasteiger partial charge < -0.3 is 9.84 Å². The second kappa shape index (κ2) is 7.20. The molecule has 0 aliphatic carbocycles. The van der Waals surface area contributed by atoms with Crippen molar-refractivity contribution in [3.8, 4) is 0 Å². The largest absolute Gasteiger partial charge is 0.391 e. The second-order valence-corrected chi connectivity index (χ2v) is 7.05. The zero-order valence-corrected chi connectivity index (χ0v) is 12.2. The van der Waals surface area contributed by atoms with Crippen LogP contribution < -0.4 is 4.72 Å². The van der Waals surface area contributed by atoms with Crippen LogP contribution in [0.25, 0.3) is 0 Å². The van der Waals surface area contributed by atoms with Crippen LogP contribution in [0.15, 0.2) is 16.3 Å². The third-order valence-electron chi connectivity index (χ3n) is 2.38. The molecule has 0 saturated carbocycles. The van der Waals surface area contributed by atoms with E-state index in [1.165, 1.54) is 6.07 Å². The van der Waals surface area contributed by atoms with Crippen LogP contribution in [0.5, 0.6) is 0 Å². The van der Waals surface area contributed by atoms with Crippen molar-refractivity contribution in [1.29, 1.82) is 0 Å². The van der Waals surface area contributed by atoms with Crippen LogP contribution in [0, 0.1) is 0 Å². The normalized spacial score (nSPS) is 13.7. The van der Waals surface area contributed by atoms with E-state index in [0.29, 0.717) is 11.5 Å². The van der Waals surface area contributed by atoms with Crippen molar-refractivity contribution in [2.45, 2.75) is 36.6 Å². The average Bonchev–Trinajstić information content (AvgIpc) is 2.78. The predicted octanol–water partition coefficient (Wildman–Crippen LogP) is 1.33. The van der Waals surface area contributed by atoms with Gasteiger partial charge in [-0.3, -0.25) is 0 Å². The average molecular weight is 293 g/mol. The summed E-state index contributed by atoms with van der Waals surface area (Å²) in [5.74, 6) is 0. The van der Waals surface area contributed by atoms with Gasteiger partial charge in [0.05, 0.1) is 13.2 Å². The lowest BCUT2D eigenvalue weighted by Gasteiger charge is -2.16. The summed E-state index contributed by atoms with van der Waals surface area (Å²) in [6.07, 6.45) is 1.61. The Morgan fingerprint density at radius 3 is 2.72 bits per heavy atom. The first-order valence-corrected chi connectivity index (χ1v) is 8.04. The standard InChI is InChI=1S/C11H19NO4S2/c1-3-4-9(8-16-2)12-18(14,15)11-6-5-10(7-13)17-11/h5-6,9,12-13H,3-4,7-8H2,1-2H3. The molecular formula is C11H19NO4S2. The molecule has 1 unspecified atom stereocenters. The first-order valence-electron chi connectivity index (χ1n) is 5.74. The number of aliphatic hydroxyl groups excluding tert-OH is 1. The van der Waals surface area contributed by atoms with Gasteiger partial charge >= 0.3 is 0 Å². The van der Waals surface area contributed by atoms with Crippen molar-refractivity contribution in [3.05, 3.63) is 17.0 Å². The molecule has 1 heterocycles. The smallest absolute Gasteiger partial charge is 0.250 e. The van der Waals surface area contributed by atoms with Crippen LogP contribution in [0.2, 0.25) is 0 Å². The van der Waals surface area contributed by atoms with E-state index in [1.807, 2.05) is 6.92 Å². The highest BCUT2D eigenvalue weighted by atomic mass is 32.2. The van der Waals surface area contributed by atoms with Gasteiger partial charge in [-0.1, -0.05) is 13.3 Å². The van der Waals surface area contributed by atoms with E-state index in [9.17, 15) is 8.42 Å². The summed E-state index contributed by atoms with van der Waals surface area (Å²) in [5, 5.41) is 8.94. The minimum atomic E-state index is -3.52. The molecule has 7 heteroatoms. The third-order valence-corrected chi connectivity index (χ3v) is 5.47. The highest BCUT2D eigenvalue weighted by Crippen LogP contribution is 2.21. The molecule has 1 aromatic rings. The fraction of sp³-hybridized carbons (Fsp3) is 0.636. The maximum absolute atomic E-state index is 12.1. The van der Waals surface area contributed by atoms with Crippen molar-refractivity contribution in [1.82, 2.24) is 4.72 Å². The molecule has 0 fully saturated rings. The second-order valence-electron chi connectivity index (χ2n) is 3.94. The number of thiophene rings is 1. The molecule has 0 amide bonds. The SMILES string of the molecule is CCCC(COC)NS(=O)(=O)c1ccc(CO)s1. The molecule has 0 aromatic carbocycles. The van der Waals surface area contributed by atoms with Gasteiger partial charge in [-0.05, 0) is 18.6 Å². The highest BCUT2D eigenvalue weighted by molar-refractivity contribution is 7.91. The summed E-state index contributed by atoms with van der Waals surface area (Å²) in [6.45, 7) is 2.20. The number of sulfonamides is 1. The van der Waals surface area contributed by atoms with Crippen molar-refractivity contribution in [3.63, 3.8) is 0 Å². The van der Waals surface area contributed by atoms with Crippen LogP contribution in [-0.2, 0) is 21.4 Å². The fourth-order valence-corrected chi connectivity index (χ4v) is 4.08. The maximum atomic E-state index is 12.1. The Morgan fingerprint density at radius 1 is 1.50 bits per heavy atom. The van der Waals surface area contributed by atoms with Crippen molar-refractivity contribution in [2.75, 3.05) is 13.7 Å². The van der Waals surface area contributed by atoms with Crippen molar-refractivity contribution < 1.29 is 18.3 Å². The van der Waals surface area contributed by atoms with Gasteiger partial charge in [0.25, 0.3) is 0 Å². The zero-order valence-electron chi connectivity index (χ0n) is 10.5. The summed E-state index contributed by atoms with van der Waals surface area (Å²) < 4.78 is 32.0. The number of ether oxygens (including phenoxy) is 1. The molecule has 2 N–H and O–H groups in total. The summed E-state index contributed by atoms with van der Waals surface area (Å²) in [6, 6.07) is 2.91. The molecule has 0 spiro atoms. The minimum Gasteiger partial charge on any atom is -0.391 e. The lowest BCUT2D eigenvalue weighted by molar-refractivity contribution is 0.171. The molecule has 5 nitrogen and oxygen atoms in total.